The van der Waals surface area contributed by atoms with Gasteiger partial charge in [0.05, 0.1) is 11.1 Å². The summed E-state index contributed by atoms with van der Waals surface area (Å²) in [6.07, 6.45) is -0.0772. The molecular weight excluding hydrogens is 289 g/mol. The molecule has 0 fully saturated rings. The van der Waals surface area contributed by atoms with Crippen LogP contribution in [0.3, 0.4) is 0 Å². The molecule has 0 atom stereocenters. The number of hydrogen-bond acceptors (Lipinski definition) is 5. The van der Waals surface area contributed by atoms with Gasteiger partial charge in [-0.1, -0.05) is 23.7 Å². The van der Waals surface area contributed by atoms with Gasteiger partial charge >= 0.3 is 12.0 Å². The van der Waals surface area contributed by atoms with Crippen LogP contribution in [0.2, 0.25) is 10.3 Å². The smallest absolute Gasteiger partial charge is 0.329 e. The second kappa shape index (κ2) is 6.04. The van der Waals surface area contributed by atoms with E-state index in [9.17, 15) is 0 Å². The molecular formula is C12H11Cl2N3O2. The molecule has 0 saturated heterocycles. The van der Waals surface area contributed by atoms with Gasteiger partial charge in [0.15, 0.2) is 0 Å². The van der Waals surface area contributed by atoms with E-state index in [4.69, 9.17) is 32.7 Å². The number of para-hydroxylation sites is 1. The third-order valence-electron chi connectivity index (χ3n) is 1.95. The van der Waals surface area contributed by atoms with Crippen LogP contribution >= 0.6 is 23.2 Å². The fourth-order valence-corrected chi connectivity index (χ4v) is 1.57. The third-order valence-corrected chi connectivity index (χ3v) is 2.43. The lowest BCUT2D eigenvalue weighted by Crippen LogP contribution is -2.09. The molecule has 100 valence electrons. The molecule has 0 aliphatic heterocycles. The molecule has 0 unspecified atom stereocenters. The minimum Gasteiger partial charge on any atom is -0.461 e. The first-order chi connectivity index (χ1) is 9.04. The highest BCUT2D eigenvalue weighted by molar-refractivity contribution is 6.32. The topological polar surface area (TPSA) is 57.1 Å². The highest BCUT2D eigenvalue weighted by Crippen LogP contribution is 2.27. The van der Waals surface area contributed by atoms with Crippen LogP contribution in [0.1, 0.15) is 13.8 Å². The van der Waals surface area contributed by atoms with Crippen molar-refractivity contribution >= 4 is 23.2 Å². The largest absolute Gasteiger partial charge is 0.461 e. The molecule has 1 aromatic carbocycles. The van der Waals surface area contributed by atoms with Crippen molar-refractivity contribution in [1.29, 1.82) is 0 Å². The van der Waals surface area contributed by atoms with Gasteiger partial charge in [-0.15, -0.1) is 4.98 Å². The molecule has 0 saturated carbocycles. The molecule has 0 amide bonds. The predicted octanol–water partition coefficient (Wildman–Crippen LogP) is 3.76. The highest BCUT2D eigenvalue weighted by atomic mass is 35.5. The maximum atomic E-state index is 5.98. The molecule has 19 heavy (non-hydrogen) atoms. The molecule has 0 spiro atoms. The van der Waals surface area contributed by atoms with Crippen LogP contribution < -0.4 is 9.47 Å². The Labute approximate surface area is 120 Å². The Hall–Kier alpha value is -1.59. The van der Waals surface area contributed by atoms with E-state index in [-0.39, 0.29) is 23.4 Å². The van der Waals surface area contributed by atoms with Crippen molar-refractivity contribution in [3.63, 3.8) is 0 Å². The second-order valence-electron chi connectivity index (χ2n) is 3.87. The van der Waals surface area contributed by atoms with E-state index in [2.05, 4.69) is 15.0 Å². The molecule has 7 heteroatoms. The Balaban J connectivity index is 2.25. The Kier molecular flexibility index (Phi) is 4.39. The molecule has 0 N–H and O–H groups in total. The number of aromatic nitrogens is 3. The van der Waals surface area contributed by atoms with Gasteiger partial charge in [-0.3, -0.25) is 0 Å². The Bertz CT molecular complexity index is 579. The predicted molar refractivity (Wildman–Crippen MR) is 72.1 cm³/mol. The summed E-state index contributed by atoms with van der Waals surface area (Å²) in [4.78, 5) is 11.7. The summed E-state index contributed by atoms with van der Waals surface area (Å²) in [5.74, 6) is 0.432. The molecule has 0 bridgehead atoms. The Morgan fingerprint density at radius 1 is 1.00 bits per heavy atom. The summed E-state index contributed by atoms with van der Waals surface area (Å²) >= 11 is 11.8. The second-order valence-corrected chi connectivity index (χ2v) is 4.61. The number of ether oxygens (including phenoxy) is 2. The minimum absolute atomic E-state index is 0.00676. The molecule has 1 aromatic heterocycles. The van der Waals surface area contributed by atoms with E-state index in [1.165, 1.54) is 0 Å². The number of benzene rings is 1. The van der Waals surface area contributed by atoms with Gasteiger partial charge in [-0.25, -0.2) is 0 Å². The summed E-state index contributed by atoms with van der Waals surface area (Å²) in [6, 6.07) is 7.12. The maximum Gasteiger partial charge on any atom is 0.329 e. The average molecular weight is 300 g/mol. The number of nitrogens with zero attached hydrogens (tertiary/aromatic N) is 3. The zero-order valence-electron chi connectivity index (χ0n) is 10.3. The average Bonchev–Trinajstić information content (AvgIpc) is 2.30. The lowest BCUT2D eigenvalue weighted by atomic mass is 10.3. The lowest BCUT2D eigenvalue weighted by Gasteiger charge is -2.09. The van der Waals surface area contributed by atoms with E-state index in [1.807, 2.05) is 13.8 Å². The van der Waals surface area contributed by atoms with E-state index < -0.39 is 0 Å². The van der Waals surface area contributed by atoms with Crippen molar-refractivity contribution in [3.05, 3.63) is 34.6 Å². The van der Waals surface area contributed by atoms with Gasteiger partial charge in [-0.2, -0.15) is 9.97 Å². The van der Waals surface area contributed by atoms with E-state index in [1.54, 1.807) is 24.3 Å². The molecule has 0 aliphatic carbocycles. The fraction of sp³-hybridized carbons (Fsp3) is 0.250. The standard InChI is InChI=1S/C12H11Cl2N3O2/c1-7(2)18-11-15-10(14)16-12(17-11)19-9-6-4-3-5-8(9)13/h3-7H,1-2H3. The summed E-state index contributed by atoms with van der Waals surface area (Å²) in [6.45, 7) is 3.71. The van der Waals surface area contributed by atoms with Crippen LogP contribution in [-0.4, -0.2) is 21.1 Å². The fourth-order valence-electron chi connectivity index (χ4n) is 1.25. The molecule has 2 rings (SSSR count). The zero-order chi connectivity index (χ0) is 13.8. The molecule has 2 aromatic rings. The van der Waals surface area contributed by atoms with Crippen molar-refractivity contribution in [2.24, 2.45) is 0 Å². The van der Waals surface area contributed by atoms with Gasteiger partial charge in [0.2, 0.25) is 5.28 Å². The molecule has 0 radical (unpaired) electrons. The van der Waals surface area contributed by atoms with Crippen molar-refractivity contribution in [3.8, 4) is 17.8 Å². The van der Waals surface area contributed by atoms with Crippen LogP contribution in [0, 0.1) is 0 Å². The molecule has 5 nitrogen and oxygen atoms in total. The van der Waals surface area contributed by atoms with E-state index in [0.29, 0.717) is 10.8 Å². The van der Waals surface area contributed by atoms with Crippen LogP contribution in [0.5, 0.6) is 17.8 Å². The van der Waals surface area contributed by atoms with Crippen molar-refractivity contribution < 1.29 is 9.47 Å². The van der Waals surface area contributed by atoms with Gasteiger partial charge in [0.1, 0.15) is 5.75 Å². The SMILES string of the molecule is CC(C)Oc1nc(Cl)nc(Oc2ccccc2Cl)n1. The number of halogens is 2. The third kappa shape index (κ3) is 3.94. The zero-order valence-corrected chi connectivity index (χ0v) is 11.8. The van der Waals surface area contributed by atoms with Gasteiger partial charge in [0, 0.05) is 0 Å². The van der Waals surface area contributed by atoms with Crippen LogP contribution in [0.4, 0.5) is 0 Å². The number of hydrogen-bond donors (Lipinski definition) is 0. The number of rotatable bonds is 4. The normalized spacial score (nSPS) is 10.6. The first-order valence-corrected chi connectivity index (χ1v) is 6.31. The minimum atomic E-state index is -0.0772. The van der Waals surface area contributed by atoms with Gasteiger partial charge < -0.3 is 9.47 Å². The highest BCUT2D eigenvalue weighted by Gasteiger charge is 2.10. The maximum absolute atomic E-state index is 5.98. The summed E-state index contributed by atoms with van der Waals surface area (Å²) in [5, 5.41) is 0.443. The first-order valence-electron chi connectivity index (χ1n) is 5.55. The summed E-state index contributed by atoms with van der Waals surface area (Å²) in [5.41, 5.74) is 0. The van der Waals surface area contributed by atoms with Crippen molar-refractivity contribution in [2.75, 3.05) is 0 Å². The van der Waals surface area contributed by atoms with E-state index >= 15 is 0 Å². The molecule has 0 aliphatic rings. The van der Waals surface area contributed by atoms with Crippen LogP contribution in [0.25, 0.3) is 0 Å². The quantitative estimate of drug-likeness (QED) is 0.860. The monoisotopic (exact) mass is 299 g/mol. The first kappa shape index (κ1) is 13.8. The van der Waals surface area contributed by atoms with Crippen LogP contribution in [-0.2, 0) is 0 Å². The van der Waals surface area contributed by atoms with Crippen molar-refractivity contribution in [1.82, 2.24) is 15.0 Å². The summed E-state index contributed by atoms with van der Waals surface area (Å²) in [7, 11) is 0. The van der Waals surface area contributed by atoms with Crippen molar-refractivity contribution in [2.45, 2.75) is 20.0 Å². The Morgan fingerprint density at radius 3 is 2.37 bits per heavy atom. The lowest BCUT2D eigenvalue weighted by molar-refractivity contribution is 0.218. The summed E-state index contributed by atoms with van der Waals surface area (Å²) < 4.78 is 10.8. The van der Waals surface area contributed by atoms with E-state index in [0.717, 1.165) is 0 Å². The van der Waals surface area contributed by atoms with Gasteiger partial charge in [0.25, 0.3) is 0 Å². The molecule has 1 heterocycles. The van der Waals surface area contributed by atoms with Gasteiger partial charge in [-0.05, 0) is 37.6 Å². The Morgan fingerprint density at radius 2 is 1.68 bits per heavy atom. The van der Waals surface area contributed by atoms with Crippen LogP contribution in [0.15, 0.2) is 24.3 Å².